The summed E-state index contributed by atoms with van der Waals surface area (Å²) in [4.78, 5) is 16.6. The Bertz CT molecular complexity index is 1710. The quantitative estimate of drug-likeness (QED) is 0.133. The zero-order valence-electron chi connectivity index (χ0n) is 17.3. The van der Waals surface area contributed by atoms with Gasteiger partial charge in [0.1, 0.15) is 0 Å². The largest absolute Gasteiger partial charge is 0.355 e. The van der Waals surface area contributed by atoms with Gasteiger partial charge in [-0.25, -0.2) is 9.97 Å². The zero-order chi connectivity index (χ0) is 23.4. The van der Waals surface area contributed by atoms with E-state index >= 15 is 0 Å². The van der Waals surface area contributed by atoms with Crippen LogP contribution in [0.5, 0.6) is 0 Å². The van der Waals surface area contributed by atoms with Crippen molar-refractivity contribution in [1.29, 1.82) is 0 Å². The summed E-state index contributed by atoms with van der Waals surface area (Å²) in [5, 5.41) is 0. The van der Waals surface area contributed by atoms with E-state index in [2.05, 4.69) is 122 Å². The molecule has 166 valence electrons. The van der Waals surface area contributed by atoms with E-state index in [9.17, 15) is 0 Å². The minimum absolute atomic E-state index is 0.871. The lowest BCUT2D eigenvalue weighted by atomic mass is 10.0. The molecule has 34 heavy (non-hydrogen) atoms. The van der Waals surface area contributed by atoms with E-state index in [1.54, 1.807) is 0 Å². The molecule has 0 fully saturated rings. The van der Waals surface area contributed by atoms with Crippen LogP contribution in [0.25, 0.3) is 45.9 Å². The van der Waals surface area contributed by atoms with Crippen molar-refractivity contribution in [1.82, 2.24) is 19.9 Å². The van der Waals surface area contributed by atoms with E-state index in [4.69, 9.17) is 9.97 Å². The zero-order valence-corrected chi connectivity index (χ0v) is 23.7. The van der Waals surface area contributed by atoms with Crippen molar-refractivity contribution in [2.24, 2.45) is 0 Å². The summed E-state index contributed by atoms with van der Waals surface area (Å²) < 4.78 is 3.80. The molecular formula is C26H14Br4N4. The number of nitrogens with zero attached hydrogens (tertiary/aromatic N) is 2. The van der Waals surface area contributed by atoms with Gasteiger partial charge in [-0.1, -0.05) is 0 Å². The number of rotatable bonds is 1. The standard InChI is InChI=1S/C26H14Br4N4/c27-22-12-21(24(28)26(30)25(22)29)20-10-19-9-17-4-3-15(32-17)7-13-1-2-14(31-13)8-16-5-6-18(33-16)11-23(20)34-19/h1-12,32-33H. The molecular weight excluding hydrogens is 688 g/mol. The Morgan fingerprint density at radius 3 is 1.74 bits per heavy atom. The van der Waals surface area contributed by atoms with Crippen molar-refractivity contribution < 1.29 is 0 Å². The molecule has 4 nitrogen and oxygen atoms in total. The molecule has 1 aromatic carbocycles. The number of hydrogen-bond donors (Lipinski definition) is 2. The monoisotopic (exact) mass is 698 g/mol. The average Bonchev–Trinajstić information content (AvgIpc) is 3.60. The molecule has 4 aromatic rings. The van der Waals surface area contributed by atoms with Crippen molar-refractivity contribution >= 4 is 110 Å². The third kappa shape index (κ3) is 4.17. The van der Waals surface area contributed by atoms with Crippen molar-refractivity contribution in [2.45, 2.75) is 0 Å². The molecule has 0 atom stereocenters. The van der Waals surface area contributed by atoms with E-state index < -0.39 is 0 Å². The van der Waals surface area contributed by atoms with Crippen LogP contribution in [0, 0.1) is 0 Å². The van der Waals surface area contributed by atoms with Crippen LogP contribution in [0.1, 0.15) is 28.3 Å². The molecule has 0 saturated carbocycles. The maximum absolute atomic E-state index is 4.97. The fourth-order valence-electron chi connectivity index (χ4n) is 4.00. The molecule has 2 aliphatic heterocycles. The molecule has 2 N–H and O–H groups in total. The van der Waals surface area contributed by atoms with E-state index in [-0.39, 0.29) is 0 Å². The average molecular weight is 702 g/mol. The van der Waals surface area contributed by atoms with Crippen molar-refractivity contribution in [3.05, 3.63) is 101 Å². The molecule has 2 aliphatic rings. The van der Waals surface area contributed by atoms with Crippen LogP contribution in [0.2, 0.25) is 0 Å². The maximum atomic E-state index is 4.97. The van der Waals surface area contributed by atoms with Gasteiger partial charge < -0.3 is 9.97 Å². The third-order valence-corrected chi connectivity index (χ3v) is 10.2. The fraction of sp³-hybridized carbons (Fsp3) is 0. The van der Waals surface area contributed by atoms with Crippen molar-refractivity contribution in [3.63, 3.8) is 0 Å². The van der Waals surface area contributed by atoms with Crippen LogP contribution in [0.4, 0.5) is 0 Å². The highest BCUT2D eigenvalue weighted by atomic mass is 79.9. The summed E-state index contributed by atoms with van der Waals surface area (Å²) in [6.45, 7) is 0. The predicted molar refractivity (Wildman–Crippen MR) is 154 cm³/mol. The van der Waals surface area contributed by atoms with Gasteiger partial charge in [-0.15, -0.1) is 0 Å². The van der Waals surface area contributed by atoms with Gasteiger partial charge in [0, 0.05) is 51.1 Å². The number of H-pyrrole nitrogens is 2. The molecule has 0 unspecified atom stereocenters. The first kappa shape index (κ1) is 22.2. The summed E-state index contributed by atoms with van der Waals surface area (Å²) in [6.07, 6.45) is 6.16. The third-order valence-electron chi connectivity index (χ3n) is 5.56. The molecule has 0 saturated heterocycles. The SMILES string of the molecule is Brc1cc(C2=Cc3cc4ccc(cc5nc(cc6ccc(cc2n3)[nH]6)C=C5)[nH]4)c(Br)c(Br)c1Br. The van der Waals surface area contributed by atoms with Crippen LogP contribution in [0.15, 0.2) is 72.5 Å². The van der Waals surface area contributed by atoms with Gasteiger partial charge in [0.2, 0.25) is 0 Å². The summed E-state index contributed by atoms with van der Waals surface area (Å²) >= 11 is 14.7. The summed E-state index contributed by atoms with van der Waals surface area (Å²) in [7, 11) is 0. The van der Waals surface area contributed by atoms with Gasteiger partial charge in [0.15, 0.2) is 0 Å². The van der Waals surface area contributed by atoms with Crippen LogP contribution >= 0.6 is 63.7 Å². The summed E-state index contributed by atoms with van der Waals surface area (Å²) in [6, 6.07) is 18.5. The number of fused-ring (bicyclic) bond motifs is 8. The minimum atomic E-state index is 0.871. The number of benzene rings is 1. The van der Waals surface area contributed by atoms with Crippen molar-refractivity contribution in [2.75, 3.05) is 0 Å². The minimum Gasteiger partial charge on any atom is -0.355 e. The second-order valence-electron chi connectivity index (χ2n) is 7.94. The molecule has 8 bridgehead atoms. The van der Waals surface area contributed by atoms with Gasteiger partial charge in [-0.3, -0.25) is 0 Å². The fourth-order valence-corrected chi connectivity index (χ4v) is 6.22. The number of aromatic nitrogens is 4. The molecule has 5 heterocycles. The van der Waals surface area contributed by atoms with Gasteiger partial charge in [0.05, 0.1) is 22.8 Å². The van der Waals surface area contributed by atoms with E-state index in [1.165, 1.54) is 0 Å². The van der Waals surface area contributed by atoms with Crippen LogP contribution < -0.4 is 0 Å². The van der Waals surface area contributed by atoms with E-state index in [0.29, 0.717) is 0 Å². The predicted octanol–water partition coefficient (Wildman–Crippen LogP) is 9.12. The summed E-state index contributed by atoms with van der Waals surface area (Å²) in [5.74, 6) is 0. The molecule has 0 radical (unpaired) electrons. The highest BCUT2D eigenvalue weighted by molar-refractivity contribution is 9.15. The number of hydrogen-bond acceptors (Lipinski definition) is 2. The molecule has 3 aromatic heterocycles. The van der Waals surface area contributed by atoms with Crippen LogP contribution in [0.3, 0.4) is 0 Å². The molecule has 6 rings (SSSR count). The first-order valence-electron chi connectivity index (χ1n) is 10.3. The van der Waals surface area contributed by atoms with Crippen molar-refractivity contribution in [3.8, 4) is 0 Å². The highest BCUT2D eigenvalue weighted by Crippen LogP contribution is 2.43. The Labute approximate surface area is 228 Å². The lowest BCUT2D eigenvalue weighted by molar-refractivity contribution is 1.30. The molecule has 0 amide bonds. The van der Waals surface area contributed by atoms with E-state index in [0.717, 1.165) is 73.9 Å². The maximum Gasteiger partial charge on any atom is 0.0737 e. The Kier molecular flexibility index (Phi) is 5.72. The second-order valence-corrected chi connectivity index (χ2v) is 11.2. The Morgan fingerprint density at radius 1 is 0.559 bits per heavy atom. The van der Waals surface area contributed by atoms with Gasteiger partial charge >= 0.3 is 0 Å². The molecule has 8 heteroatoms. The first-order chi connectivity index (χ1) is 16.4. The summed E-state index contributed by atoms with van der Waals surface area (Å²) in [5.41, 5.74) is 9.55. The molecule has 0 aliphatic carbocycles. The first-order valence-corrected chi connectivity index (χ1v) is 13.5. The lowest BCUT2D eigenvalue weighted by Gasteiger charge is -2.11. The molecule has 0 spiro atoms. The lowest BCUT2D eigenvalue weighted by Crippen LogP contribution is -1.90. The Morgan fingerprint density at radius 2 is 1.12 bits per heavy atom. The van der Waals surface area contributed by atoms with Gasteiger partial charge in [-0.05, 0) is 137 Å². The number of aromatic amines is 2. The van der Waals surface area contributed by atoms with Gasteiger partial charge in [0.25, 0.3) is 0 Å². The van der Waals surface area contributed by atoms with Gasteiger partial charge in [-0.2, -0.15) is 0 Å². The normalized spacial score (nSPS) is 12.8. The van der Waals surface area contributed by atoms with Crippen LogP contribution in [-0.2, 0) is 0 Å². The number of nitrogens with one attached hydrogen (secondary N) is 2. The smallest absolute Gasteiger partial charge is 0.0737 e. The Hall–Kier alpha value is -2.26. The second kappa shape index (κ2) is 8.75. The number of halogens is 4. The van der Waals surface area contributed by atoms with E-state index in [1.807, 2.05) is 24.3 Å². The topological polar surface area (TPSA) is 57.4 Å². The highest BCUT2D eigenvalue weighted by Gasteiger charge is 2.19. The van der Waals surface area contributed by atoms with Crippen LogP contribution in [-0.4, -0.2) is 19.9 Å². The Balaban J connectivity index is 1.65.